The molecule has 1 aliphatic rings. The first-order chi connectivity index (χ1) is 6.54. The van der Waals surface area contributed by atoms with Gasteiger partial charge >= 0.3 is 0 Å². The van der Waals surface area contributed by atoms with Crippen LogP contribution in [0.1, 0.15) is 19.8 Å². The molecule has 0 radical (unpaired) electrons. The number of hydrogen-bond acceptors (Lipinski definition) is 3. The van der Waals surface area contributed by atoms with Gasteiger partial charge in [-0.05, 0) is 20.5 Å². The van der Waals surface area contributed by atoms with Crippen LogP contribution < -0.4 is 0 Å². The van der Waals surface area contributed by atoms with Gasteiger partial charge in [-0.15, -0.1) is 0 Å². The highest BCUT2D eigenvalue weighted by Crippen LogP contribution is 2.19. The maximum atomic E-state index is 11.5. The van der Waals surface area contributed by atoms with Gasteiger partial charge in [-0.2, -0.15) is 0 Å². The van der Waals surface area contributed by atoms with Crippen molar-refractivity contribution in [2.75, 3.05) is 27.2 Å². The molecule has 4 nitrogen and oxygen atoms in total. The van der Waals surface area contributed by atoms with Gasteiger partial charge in [-0.1, -0.05) is 6.92 Å². The van der Waals surface area contributed by atoms with E-state index < -0.39 is 0 Å². The highest BCUT2D eigenvalue weighted by atomic mass is 16.3. The number of β-amino-alcohol motifs (C(OH)–C–C–N with tert-alkyl or cyclic N) is 1. The molecule has 2 unspecified atom stereocenters. The zero-order chi connectivity index (χ0) is 10.7. The predicted octanol–water partition coefficient (Wildman–Crippen LogP) is -0.0802. The van der Waals surface area contributed by atoms with Crippen LogP contribution in [0.2, 0.25) is 0 Å². The second-order valence-corrected chi connectivity index (χ2v) is 4.21. The van der Waals surface area contributed by atoms with Crippen LogP contribution in [0, 0.1) is 0 Å². The summed E-state index contributed by atoms with van der Waals surface area (Å²) < 4.78 is 0. The predicted molar refractivity (Wildman–Crippen MR) is 55.0 cm³/mol. The monoisotopic (exact) mass is 200 g/mol. The molecule has 14 heavy (non-hydrogen) atoms. The lowest BCUT2D eigenvalue weighted by molar-refractivity contribution is -0.132. The molecular formula is C10H20N2O2. The Bertz CT molecular complexity index is 206. The van der Waals surface area contributed by atoms with Crippen LogP contribution in [0.25, 0.3) is 0 Å². The largest absolute Gasteiger partial charge is 0.391 e. The molecule has 0 spiro atoms. The topological polar surface area (TPSA) is 43.8 Å². The Hall–Kier alpha value is -0.610. The SMILES string of the molecule is CCC(=O)N1CC(O)CC1CN(C)C. The summed E-state index contributed by atoms with van der Waals surface area (Å²) in [6.07, 6.45) is 0.899. The summed E-state index contributed by atoms with van der Waals surface area (Å²) in [7, 11) is 3.97. The summed E-state index contributed by atoms with van der Waals surface area (Å²) in [4.78, 5) is 15.4. The number of nitrogens with zero attached hydrogens (tertiary/aromatic N) is 2. The standard InChI is InChI=1S/C10H20N2O2/c1-4-10(14)12-7-9(13)5-8(12)6-11(2)3/h8-9,13H,4-7H2,1-3H3. The first-order valence-corrected chi connectivity index (χ1v) is 5.16. The lowest BCUT2D eigenvalue weighted by Gasteiger charge is -2.26. The van der Waals surface area contributed by atoms with Crippen molar-refractivity contribution in [1.82, 2.24) is 9.80 Å². The molecule has 0 aromatic heterocycles. The van der Waals surface area contributed by atoms with Gasteiger partial charge in [0.05, 0.1) is 6.10 Å². The molecule has 1 N–H and O–H groups in total. The first-order valence-electron chi connectivity index (χ1n) is 5.16. The zero-order valence-corrected chi connectivity index (χ0v) is 9.23. The number of carbonyl (C=O) groups is 1. The number of carbonyl (C=O) groups excluding carboxylic acids is 1. The molecular weight excluding hydrogens is 180 g/mol. The molecule has 1 heterocycles. The quantitative estimate of drug-likeness (QED) is 0.693. The second kappa shape index (κ2) is 4.75. The Morgan fingerprint density at radius 1 is 1.57 bits per heavy atom. The van der Waals surface area contributed by atoms with E-state index in [9.17, 15) is 9.90 Å². The number of rotatable bonds is 3. The average molecular weight is 200 g/mol. The van der Waals surface area contributed by atoms with Crippen molar-refractivity contribution in [2.24, 2.45) is 0 Å². The Balaban J connectivity index is 2.58. The fourth-order valence-electron chi connectivity index (χ4n) is 2.00. The molecule has 0 aromatic rings. The van der Waals surface area contributed by atoms with E-state index in [2.05, 4.69) is 4.90 Å². The fraction of sp³-hybridized carbons (Fsp3) is 0.900. The van der Waals surface area contributed by atoms with E-state index in [4.69, 9.17) is 0 Å². The minimum Gasteiger partial charge on any atom is -0.391 e. The Kier molecular flexibility index (Phi) is 3.89. The van der Waals surface area contributed by atoms with Crippen LogP contribution in [0.15, 0.2) is 0 Å². The number of likely N-dealkylation sites (tertiary alicyclic amines) is 1. The third-order valence-electron chi connectivity index (χ3n) is 2.59. The summed E-state index contributed by atoms with van der Waals surface area (Å²) in [5.74, 6) is 0.147. The summed E-state index contributed by atoms with van der Waals surface area (Å²) in [6.45, 7) is 3.20. The highest BCUT2D eigenvalue weighted by Gasteiger charge is 2.33. The van der Waals surface area contributed by atoms with Gasteiger partial charge in [0.1, 0.15) is 0 Å². The third-order valence-corrected chi connectivity index (χ3v) is 2.59. The van der Waals surface area contributed by atoms with Gasteiger partial charge in [0.25, 0.3) is 0 Å². The van der Waals surface area contributed by atoms with E-state index in [0.717, 1.165) is 6.54 Å². The average Bonchev–Trinajstić information content (AvgIpc) is 2.44. The Labute approximate surface area is 85.5 Å². The minimum absolute atomic E-state index is 0.147. The van der Waals surface area contributed by atoms with Gasteiger partial charge in [-0.25, -0.2) is 0 Å². The molecule has 0 bridgehead atoms. The second-order valence-electron chi connectivity index (χ2n) is 4.21. The van der Waals surface area contributed by atoms with Gasteiger partial charge in [0.2, 0.25) is 5.91 Å². The summed E-state index contributed by atoms with van der Waals surface area (Å²) in [6, 6.07) is 0.187. The number of hydrogen-bond donors (Lipinski definition) is 1. The van der Waals surface area contributed by atoms with Crippen LogP contribution in [0.5, 0.6) is 0 Å². The first kappa shape index (κ1) is 11.5. The maximum absolute atomic E-state index is 11.5. The molecule has 4 heteroatoms. The smallest absolute Gasteiger partial charge is 0.222 e. The van der Waals surface area contributed by atoms with E-state index in [-0.39, 0.29) is 18.1 Å². The molecule has 1 aliphatic heterocycles. The van der Waals surface area contributed by atoms with E-state index in [1.54, 1.807) is 0 Å². The lowest BCUT2D eigenvalue weighted by atomic mass is 10.2. The lowest BCUT2D eigenvalue weighted by Crippen LogP contribution is -2.41. The van der Waals surface area contributed by atoms with Crippen molar-refractivity contribution >= 4 is 5.91 Å². The summed E-state index contributed by atoms with van der Waals surface area (Å²) in [5, 5.41) is 9.51. The van der Waals surface area contributed by atoms with Crippen molar-refractivity contribution in [2.45, 2.75) is 31.9 Å². The Morgan fingerprint density at radius 2 is 2.21 bits per heavy atom. The van der Waals surface area contributed by atoms with Crippen LogP contribution in [-0.2, 0) is 4.79 Å². The number of amides is 1. The van der Waals surface area contributed by atoms with E-state index in [0.29, 0.717) is 19.4 Å². The summed E-state index contributed by atoms with van der Waals surface area (Å²) in [5.41, 5.74) is 0. The van der Waals surface area contributed by atoms with Crippen LogP contribution in [0.4, 0.5) is 0 Å². The summed E-state index contributed by atoms with van der Waals surface area (Å²) >= 11 is 0. The number of aliphatic hydroxyl groups excluding tert-OH is 1. The third kappa shape index (κ3) is 2.69. The van der Waals surface area contributed by atoms with E-state index in [1.165, 1.54) is 0 Å². The van der Waals surface area contributed by atoms with E-state index >= 15 is 0 Å². The van der Waals surface area contributed by atoms with Crippen molar-refractivity contribution in [3.05, 3.63) is 0 Å². The molecule has 0 aliphatic carbocycles. The Morgan fingerprint density at radius 3 is 2.71 bits per heavy atom. The maximum Gasteiger partial charge on any atom is 0.222 e. The molecule has 1 saturated heterocycles. The highest BCUT2D eigenvalue weighted by molar-refractivity contribution is 5.76. The molecule has 2 atom stereocenters. The molecule has 0 saturated carbocycles. The van der Waals surface area contributed by atoms with Crippen LogP contribution in [-0.4, -0.2) is 60.1 Å². The zero-order valence-electron chi connectivity index (χ0n) is 9.23. The molecule has 82 valence electrons. The van der Waals surface area contributed by atoms with Gasteiger partial charge < -0.3 is 14.9 Å². The molecule has 1 rings (SSSR count). The molecule has 1 fully saturated rings. The van der Waals surface area contributed by atoms with Crippen molar-refractivity contribution < 1.29 is 9.90 Å². The van der Waals surface area contributed by atoms with Gasteiger partial charge in [0.15, 0.2) is 0 Å². The van der Waals surface area contributed by atoms with Gasteiger partial charge in [-0.3, -0.25) is 4.79 Å². The molecule has 0 aromatic carbocycles. The number of aliphatic hydroxyl groups is 1. The number of likely N-dealkylation sites (N-methyl/N-ethyl adjacent to an activating group) is 1. The van der Waals surface area contributed by atoms with Crippen molar-refractivity contribution in [3.8, 4) is 0 Å². The van der Waals surface area contributed by atoms with Crippen LogP contribution in [0.3, 0.4) is 0 Å². The molecule has 1 amide bonds. The van der Waals surface area contributed by atoms with Crippen molar-refractivity contribution in [3.63, 3.8) is 0 Å². The van der Waals surface area contributed by atoms with Gasteiger partial charge in [0, 0.05) is 25.6 Å². The van der Waals surface area contributed by atoms with Crippen LogP contribution >= 0.6 is 0 Å². The van der Waals surface area contributed by atoms with Crippen molar-refractivity contribution in [1.29, 1.82) is 0 Å². The van der Waals surface area contributed by atoms with E-state index in [1.807, 2.05) is 25.9 Å². The fourth-order valence-corrected chi connectivity index (χ4v) is 2.00. The normalized spacial score (nSPS) is 27.4. The minimum atomic E-state index is -0.338.